The van der Waals surface area contributed by atoms with E-state index in [0.29, 0.717) is 5.56 Å². The van der Waals surface area contributed by atoms with Crippen LogP contribution in [-0.2, 0) is 9.53 Å². The Balaban J connectivity index is 2.66. The number of benzene rings is 1. The molecule has 0 spiro atoms. The molecule has 0 aromatic heterocycles. The van der Waals surface area contributed by atoms with Crippen molar-refractivity contribution in [1.29, 1.82) is 0 Å². The molecular formula is C12H14F3NO2. The van der Waals surface area contributed by atoms with Crippen molar-refractivity contribution in [1.82, 2.24) is 5.32 Å². The van der Waals surface area contributed by atoms with Crippen LogP contribution < -0.4 is 5.32 Å². The Hall–Kier alpha value is -1.56. The summed E-state index contributed by atoms with van der Waals surface area (Å²) in [6.07, 6.45) is -4.29. The minimum absolute atomic E-state index is 0.115. The largest absolute Gasteiger partial charge is 0.469 e. The molecule has 0 saturated heterocycles. The van der Waals surface area contributed by atoms with Gasteiger partial charge in [-0.25, -0.2) is 0 Å². The lowest BCUT2D eigenvalue weighted by Crippen LogP contribution is -2.34. The van der Waals surface area contributed by atoms with Gasteiger partial charge in [0.2, 0.25) is 0 Å². The Labute approximate surface area is 103 Å². The van der Waals surface area contributed by atoms with Crippen LogP contribution in [0.4, 0.5) is 13.2 Å². The lowest BCUT2D eigenvalue weighted by molar-refractivity contribution is -0.143. The predicted octanol–water partition coefficient (Wildman–Crippen LogP) is 2.10. The molecule has 0 saturated carbocycles. The van der Waals surface area contributed by atoms with E-state index in [4.69, 9.17) is 0 Å². The molecule has 0 radical (unpaired) electrons. The number of esters is 1. The molecule has 100 valence electrons. The van der Waals surface area contributed by atoms with Crippen LogP contribution in [0.5, 0.6) is 0 Å². The van der Waals surface area contributed by atoms with Crippen molar-refractivity contribution >= 4 is 5.97 Å². The van der Waals surface area contributed by atoms with Gasteiger partial charge in [-0.15, -0.1) is 0 Å². The fourth-order valence-corrected chi connectivity index (χ4v) is 1.52. The Morgan fingerprint density at radius 1 is 1.33 bits per heavy atom. The molecule has 0 heterocycles. The van der Waals surface area contributed by atoms with E-state index in [1.807, 2.05) is 0 Å². The zero-order valence-corrected chi connectivity index (χ0v) is 9.83. The maximum Gasteiger partial charge on any atom is 0.401 e. The Bertz CT molecular complexity index is 379. The van der Waals surface area contributed by atoms with Crippen molar-refractivity contribution in [2.24, 2.45) is 0 Å². The molecule has 1 N–H and O–H groups in total. The number of hydrogen-bond donors (Lipinski definition) is 1. The summed E-state index contributed by atoms with van der Waals surface area (Å²) in [5, 5.41) is 2.21. The van der Waals surface area contributed by atoms with E-state index >= 15 is 0 Å². The minimum Gasteiger partial charge on any atom is -0.469 e. The van der Waals surface area contributed by atoms with Gasteiger partial charge in [0.25, 0.3) is 0 Å². The maximum atomic E-state index is 12.0. The molecule has 0 aliphatic rings. The minimum atomic E-state index is -4.29. The molecule has 1 rings (SSSR count). The first-order valence-electron chi connectivity index (χ1n) is 5.34. The van der Waals surface area contributed by atoms with Gasteiger partial charge in [0.05, 0.1) is 19.6 Å². The normalized spacial score (nSPS) is 13.1. The van der Waals surface area contributed by atoms with Gasteiger partial charge in [0.1, 0.15) is 0 Å². The second-order valence-electron chi connectivity index (χ2n) is 3.73. The summed E-state index contributed by atoms with van der Waals surface area (Å²) in [6, 6.07) is 8.55. The van der Waals surface area contributed by atoms with Crippen molar-refractivity contribution in [3.8, 4) is 0 Å². The second kappa shape index (κ2) is 6.39. The van der Waals surface area contributed by atoms with Crippen molar-refractivity contribution in [2.45, 2.75) is 12.1 Å². The number of carbonyl (C=O) groups excluding carboxylic acids is 1. The van der Waals surface area contributed by atoms with Crippen molar-refractivity contribution in [3.63, 3.8) is 0 Å². The quantitative estimate of drug-likeness (QED) is 0.825. The Morgan fingerprint density at radius 2 is 1.94 bits per heavy atom. The second-order valence-corrected chi connectivity index (χ2v) is 3.73. The molecule has 3 nitrogen and oxygen atoms in total. The zero-order chi connectivity index (χ0) is 13.6. The lowest BCUT2D eigenvalue weighted by Gasteiger charge is -2.16. The number of rotatable bonds is 5. The first kappa shape index (κ1) is 14.5. The van der Waals surface area contributed by atoms with Gasteiger partial charge in [-0.1, -0.05) is 30.3 Å². The molecule has 1 aromatic rings. The molecule has 0 amide bonds. The number of methoxy groups -OCH3 is 1. The number of alkyl halides is 3. The van der Waals surface area contributed by atoms with E-state index in [2.05, 4.69) is 10.1 Å². The highest BCUT2D eigenvalue weighted by molar-refractivity contribution is 5.78. The van der Waals surface area contributed by atoms with Crippen molar-refractivity contribution in [3.05, 3.63) is 35.9 Å². The van der Waals surface area contributed by atoms with Crippen LogP contribution in [0, 0.1) is 0 Å². The highest BCUT2D eigenvalue weighted by Crippen LogP contribution is 2.17. The topological polar surface area (TPSA) is 38.3 Å². The molecule has 1 aromatic carbocycles. The number of halogens is 3. The standard InChI is InChI=1S/C12H14F3NO2/c1-18-11(17)10(7-16-8-12(13,14)15)9-5-3-2-4-6-9/h2-6,10,16H,7-8H2,1H3. The van der Waals surface area contributed by atoms with E-state index in [1.165, 1.54) is 7.11 Å². The summed E-state index contributed by atoms with van der Waals surface area (Å²) in [4.78, 5) is 11.5. The van der Waals surface area contributed by atoms with E-state index in [0.717, 1.165) is 0 Å². The SMILES string of the molecule is COC(=O)C(CNCC(F)(F)F)c1ccccc1. The number of carbonyl (C=O) groups is 1. The van der Waals surface area contributed by atoms with Gasteiger partial charge in [-0.2, -0.15) is 13.2 Å². The third-order valence-electron chi connectivity index (χ3n) is 2.36. The molecular weight excluding hydrogens is 247 g/mol. The summed E-state index contributed by atoms with van der Waals surface area (Å²) in [7, 11) is 1.21. The summed E-state index contributed by atoms with van der Waals surface area (Å²) < 4.78 is 40.6. The fourth-order valence-electron chi connectivity index (χ4n) is 1.52. The van der Waals surface area contributed by atoms with Crippen LogP contribution in [0.3, 0.4) is 0 Å². The number of nitrogens with one attached hydrogen (secondary N) is 1. The van der Waals surface area contributed by atoms with E-state index in [1.54, 1.807) is 30.3 Å². The molecule has 0 aliphatic heterocycles. The summed E-state index contributed by atoms with van der Waals surface area (Å²) >= 11 is 0. The van der Waals surface area contributed by atoms with Crippen LogP contribution in [0.15, 0.2) is 30.3 Å². The number of hydrogen-bond acceptors (Lipinski definition) is 3. The van der Waals surface area contributed by atoms with Crippen molar-refractivity contribution < 1.29 is 22.7 Å². The first-order chi connectivity index (χ1) is 8.44. The van der Waals surface area contributed by atoms with Crippen molar-refractivity contribution in [2.75, 3.05) is 20.2 Å². The first-order valence-corrected chi connectivity index (χ1v) is 5.34. The molecule has 0 bridgehead atoms. The van der Waals surface area contributed by atoms with Crippen LogP contribution in [0.1, 0.15) is 11.5 Å². The van der Waals surface area contributed by atoms with Crippen LogP contribution in [-0.4, -0.2) is 32.3 Å². The maximum absolute atomic E-state index is 12.0. The highest BCUT2D eigenvalue weighted by atomic mass is 19.4. The van der Waals surface area contributed by atoms with Gasteiger partial charge in [0.15, 0.2) is 0 Å². The Morgan fingerprint density at radius 3 is 2.44 bits per heavy atom. The smallest absolute Gasteiger partial charge is 0.401 e. The molecule has 18 heavy (non-hydrogen) atoms. The fraction of sp³-hybridized carbons (Fsp3) is 0.417. The molecule has 0 fully saturated rings. The predicted molar refractivity (Wildman–Crippen MR) is 60.1 cm³/mol. The van der Waals surface area contributed by atoms with E-state index in [9.17, 15) is 18.0 Å². The van der Waals surface area contributed by atoms with Gasteiger partial charge in [-0.05, 0) is 5.56 Å². The van der Waals surface area contributed by atoms with Gasteiger partial charge in [-0.3, -0.25) is 4.79 Å². The average Bonchev–Trinajstić information content (AvgIpc) is 2.33. The monoisotopic (exact) mass is 261 g/mol. The Kier molecular flexibility index (Phi) is 5.15. The highest BCUT2D eigenvalue weighted by Gasteiger charge is 2.28. The zero-order valence-electron chi connectivity index (χ0n) is 9.83. The van der Waals surface area contributed by atoms with Gasteiger partial charge < -0.3 is 10.1 Å². The third kappa shape index (κ3) is 4.75. The summed E-state index contributed by atoms with van der Waals surface area (Å²) in [6.45, 7) is -1.25. The van der Waals surface area contributed by atoms with E-state index < -0.39 is 24.6 Å². The average molecular weight is 261 g/mol. The van der Waals surface area contributed by atoms with Gasteiger partial charge >= 0.3 is 12.1 Å². The van der Waals surface area contributed by atoms with Crippen LogP contribution >= 0.6 is 0 Å². The number of ether oxygens (including phenoxy) is 1. The van der Waals surface area contributed by atoms with Crippen LogP contribution in [0.2, 0.25) is 0 Å². The molecule has 1 atom stereocenters. The molecule has 1 unspecified atom stereocenters. The van der Waals surface area contributed by atoms with Gasteiger partial charge in [0, 0.05) is 6.54 Å². The molecule has 0 aliphatic carbocycles. The van der Waals surface area contributed by atoms with E-state index in [-0.39, 0.29) is 6.54 Å². The summed E-state index contributed by atoms with van der Waals surface area (Å²) in [5.41, 5.74) is 0.624. The third-order valence-corrected chi connectivity index (χ3v) is 2.36. The summed E-state index contributed by atoms with van der Waals surface area (Å²) in [5.74, 6) is -1.30. The molecule has 6 heteroatoms. The van der Waals surface area contributed by atoms with Crippen LogP contribution in [0.25, 0.3) is 0 Å². The lowest BCUT2D eigenvalue weighted by atomic mass is 9.99.